The third-order valence-electron chi connectivity index (χ3n) is 2.85. The fourth-order valence-electron chi connectivity index (χ4n) is 1.54. The van der Waals surface area contributed by atoms with Crippen LogP contribution in [-0.2, 0) is 14.3 Å². The van der Waals surface area contributed by atoms with Crippen molar-refractivity contribution in [2.75, 3.05) is 26.7 Å². The highest BCUT2D eigenvalue weighted by molar-refractivity contribution is 14.1. The van der Waals surface area contributed by atoms with Crippen LogP contribution < -0.4 is 5.32 Å². The lowest BCUT2D eigenvalue weighted by Gasteiger charge is -2.15. The van der Waals surface area contributed by atoms with E-state index in [4.69, 9.17) is 10.00 Å². The van der Waals surface area contributed by atoms with Gasteiger partial charge in [-0.15, -0.1) is 0 Å². The number of rotatable bonds is 7. The fourth-order valence-corrected chi connectivity index (χ4v) is 2.17. The number of nitriles is 1. The Labute approximate surface area is 147 Å². The van der Waals surface area contributed by atoms with Gasteiger partial charge in [-0.05, 0) is 34.7 Å². The highest BCUT2D eigenvalue weighted by Crippen LogP contribution is 2.10. The Bertz CT molecular complexity index is 627. The summed E-state index contributed by atoms with van der Waals surface area (Å²) in [5.74, 6) is -1.49. The summed E-state index contributed by atoms with van der Waals surface area (Å²) in [6, 6.07) is 8.89. The molecule has 1 rings (SSSR count). The molecule has 0 aliphatic carbocycles. The van der Waals surface area contributed by atoms with E-state index in [9.17, 15) is 14.4 Å². The molecule has 23 heavy (non-hydrogen) atoms. The maximum absolute atomic E-state index is 11.9. The zero-order valence-electron chi connectivity index (χ0n) is 12.5. The first-order chi connectivity index (χ1) is 11.0. The number of carbonyl (C=O) groups is 3. The van der Waals surface area contributed by atoms with Gasteiger partial charge in [0, 0.05) is 17.2 Å². The Morgan fingerprint density at radius 2 is 2.04 bits per heavy atom. The van der Waals surface area contributed by atoms with Crippen LogP contribution in [0.3, 0.4) is 0 Å². The first kappa shape index (κ1) is 18.9. The number of nitrogens with zero attached hydrogens (tertiary/aromatic N) is 2. The Morgan fingerprint density at radius 3 is 2.70 bits per heavy atom. The third-order valence-corrected chi connectivity index (χ3v) is 3.79. The Kier molecular flexibility index (Phi) is 8.04. The fraction of sp³-hybridized carbons (Fsp3) is 0.333. The summed E-state index contributed by atoms with van der Waals surface area (Å²) < 4.78 is 5.56. The zero-order valence-corrected chi connectivity index (χ0v) is 14.7. The Balaban J connectivity index is 2.35. The predicted molar refractivity (Wildman–Crippen MR) is 90.3 cm³/mol. The van der Waals surface area contributed by atoms with Crippen LogP contribution in [-0.4, -0.2) is 49.4 Å². The molecule has 0 aliphatic heterocycles. The molecule has 1 aromatic rings. The van der Waals surface area contributed by atoms with Gasteiger partial charge in [0.25, 0.3) is 11.8 Å². The van der Waals surface area contributed by atoms with E-state index in [2.05, 4.69) is 5.32 Å². The second kappa shape index (κ2) is 9.78. The number of likely N-dealkylation sites (N-methyl/N-ethyl adjacent to an activating group) is 1. The van der Waals surface area contributed by atoms with E-state index in [1.54, 1.807) is 24.3 Å². The molecule has 0 saturated heterocycles. The van der Waals surface area contributed by atoms with Crippen molar-refractivity contribution in [1.82, 2.24) is 10.2 Å². The molecule has 0 heterocycles. The van der Waals surface area contributed by atoms with Crippen LogP contribution in [0.1, 0.15) is 16.8 Å². The third kappa shape index (κ3) is 6.65. The molecule has 0 aliphatic rings. The van der Waals surface area contributed by atoms with Crippen LogP contribution >= 0.6 is 22.6 Å². The monoisotopic (exact) mass is 429 g/mol. The second-order valence-corrected chi connectivity index (χ2v) is 5.71. The van der Waals surface area contributed by atoms with Crippen LogP contribution in [0.5, 0.6) is 0 Å². The van der Waals surface area contributed by atoms with Crippen molar-refractivity contribution in [2.45, 2.75) is 6.42 Å². The minimum Gasteiger partial charge on any atom is -0.454 e. The van der Waals surface area contributed by atoms with E-state index in [1.807, 2.05) is 28.7 Å². The molecule has 0 bridgehead atoms. The van der Waals surface area contributed by atoms with Crippen molar-refractivity contribution in [3.05, 3.63) is 33.4 Å². The van der Waals surface area contributed by atoms with Crippen molar-refractivity contribution in [2.24, 2.45) is 0 Å². The van der Waals surface area contributed by atoms with Crippen LogP contribution in [0.25, 0.3) is 0 Å². The number of esters is 1. The number of hydrogen-bond donors (Lipinski definition) is 1. The van der Waals surface area contributed by atoms with Gasteiger partial charge in [0.1, 0.15) is 6.54 Å². The molecular formula is C15H16IN3O4. The SMILES string of the molecule is CN(CCC#N)C(=O)COC(=O)CNC(=O)c1ccccc1I. The van der Waals surface area contributed by atoms with Crippen LogP contribution in [0.15, 0.2) is 24.3 Å². The Morgan fingerprint density at radius 1 is 1.35 bits per heavy atom. The van der Waals surface area contributed by atoms with Gasteiger partial charge >= 0.3 is 5.97 Å². The molecule has 0 atom stereocenters. The first-order valence-electron chi connectivity index (χ1n) is 6.75. The summed E-state index contributed by atoms with van der Waals surface area (Å²) in [5, 5.41) is 10.9. The van der Waals surface area contributed by atoms with Gasteiger partial charge in [-0.2, -0.15) is 5.26 Å². The first-order valence-corrected chi connectivity index (χ1v) is 7.83. The maximum Gasteiger partial charge on any atom is 0.325 e. The van der Waals surface area contributed by atoms with E-state index in [-0.39, 0.29) is 25.4 Å². The summed E-state index contributed by atoms with van der Waals surface area (Å²) in [4.78, 5) is 36.4. The number of benzene rings is 1. The van der Waals surface area contributed by atoms with Crippen molar-refractivity contribution in [3.63, 3.8) is 0 Å². The van der Waals surface area contributed by atoms with Crippen LogP contribution in [0, 0.1) is 14.9 Å². The smallest absolute Gasteiger partial charge is 0.325 e. The van der Waals surface area contributed by atoms with Crippen LogP contribution in [0.4, 0.5) is 0 Å². The Hall–Kier alpha value is -2.15. The molecule has 0 spiro atoms. The number of amides is 2. The predicted octanol–water partition coefficient (Wildman–Crippen LogP) is 0.936. The quantitative estimate of drug-likeness (QED) is 0.514. The lowest BCUT2D eigenvalue weighted by Crippen LogP contribution is -2.35. The molecule has 1 aromatic carbocycles. The van der Waals surface area contributed by atoms with E-state index < -0.39 is 18.5 Å². The van der Waals surface area contributed by atoms with Gasteiger partial charge in [-0.1, -0.05) is 12.1 Å². The molecule has 0 saturated carbocycles. The topological polar surface area (TPSA) is 99.5 Å². The van der Waals surface area contributed by atoms with Gasteiger partial charge in [0.05, 0.1) is 18.1 Å². The van der Waals surface area contributed by atoms with Crippen molar-refractivity contribution < 1.29 is 19.1 Å². The van der Waals surface area contributed by atoms with E-state index in [0.29, 0.717) is 5.56 Å². The van der Waals surface area contributed by atoms with E-state index >= 15 is 0 Å². The van der Waals surface area contributed by atoms with E-state index in [1.165, 1.54) is 11.9 Å². The highest BCUT2D eigenvalue weighted by atomic mass is 127. The minimum atomic E-state index is -0.702. The number of ether oxygens (including phenoxy) is 1. The van der Waals surface area contributed by atoms with Gasteiger partial charge in [0.2, 0.25) is 0 Å². The van der Waals surface area contributed by atoms with E-state index in [0.717, 1.165) is 3.57 Å². The molecule has 0 aromatic heterocycles. The number of carbonyl (C=O) groups excluding carboxylic acids is 3. The summed E-state index contributed by atoms with van der Waals surface area (Å²) in [7, 11) is 1.52. The van der Waals surface area contributed by atoms with Crippen molar-refractivity contribution in [1.29, 1.82) is 5.26 Å². The lowest BCUT2D eigenvalue weighted by atomic mass is 10.2. The van der Waals surface area contributed by atoms with Gasteiger partial charge in [-0.25, -0.2) is 0 Å². The summed E-state index contributed by atoms with van der Waals surface area (Å²) in [5.41, 5.74) is 0.466. The summed E-state index contributed by atoms with van der Waals surface area (Å²) in [6.07, 6.45) is 0.210. The van der Waals surface area contributed by atoms with Crippen molar-refractivity contribution in [3.8, 4) is 6.07 Å². The second-order valence-electron chi connectivity index (χ2n) is 4.55. The van der Waals surface area contributed by atoms with Gasteiger partial charge in [-0.3, -0.25) is 14.4 Å². The average Bonchev–Trinajstić information content (AvgIpc) is 2.55. The molecule has 0 unspecified atom stereocenters. The van der Waals surface area contributed by atoms with Gasteiger partial charge in [0.15, 0.2) is 6.61 Å². The molecule has 8 heteroatoms. The normalized spacial score (nSPS) is 9.61. The average molecular weight is 429 g/mol. The molecule has 0 radical (unpaired) electrons. The summed E-state index contributed by atoms with van der Waals surface area (Å²) >= 11 is 2.03. The van der Waals surface area contributed by atoms with Crippen molar-refractivity contribution >= 4 is 40.4 Å². The number of halogens is 1. The maximum atomic E-state index is 11.9. The molecule has 0 fully saturated rings. The molecular weight excluding hydrogens is 413 g/mol. The van der Waals surface area contributed by atoms with Crippen LogP contribution in [0.2, 0.25) is 0 Å². The minimum absolute atomic E-state index is 0.210. The van der Waals surface area contributed by atoms with Gasteiger partial charge < -0.3 is 15.0 Å². The number of nitrogens with one attached hydrogen (secondary N) is 1. The zero-order chi connectivity index (χ0) is 17.2. The molecule has 7 nitrogen and oxygen atoms in total. The highest BCUT2D eigenvalue weighted by Gasteiger charge is 2.14. The summed E-state index contributed by atoms with van der Waals surface area (Å²) in [6.45, 7) is -0.464. The molecule has 1 N–H and O–H groups in total. The lowest BCUT2D eigenvalue weighted by molar-refractivity contribution is -0.150. The standard InChI is InChI=1S/C15H16IN3O4/c1-19(8-4-7-17)13(20)10-23-14(21)9-18-15(22)11-5-2-3-6-12(11)16/h2-3,5-6H,4,8-10H2,1H3,(H,18,22). The molecule has 122 valence electrons. The molecule has 2 amide bonds. The number of hydrogen-bond acceptors (Lipinski definition) is 5. The largest absolute Gasteiger partial charge is 0.454 e.